The van der Waals surface area contributed by atoms with Crippen LogP contribution in [0.5, 0.6) is 0 Å². The Morgan fingerprint density at radius 1 is 0.950 bits per heavy atom. The molecule has 7 nitrogen and oxygen atoms in total. The Bertz CT molecular complexity index is 1490. The van der Waals surface area contributed by atoms with E-state index >= 15 is 0 Å². The number of hydrogen-bond acceptors (Lipinski definition) is 4. The Kier molecular flexibility index (Phi) is 9.93. The molecular weight excluding hydrogens is 569 g/mol. The van der Waals surface area contributed by atoms with Crippen molar-refractivity contribution >= 4 is 50.7 Å². The van der Waals surface area contributed by atoms with Crippen LogP contribution in [0, 0.1) is 13.8 Å². The van der Waals surface area contributed by atoms with E-state index in [0.717, 1.165) is 21.0 Å². The van der Waals surface area contributed by atoms with Crippen LogP contribution in [0.3, 0.4) is 0 Å². The molecule has 1 atom stereocenters. The number of amides is 2. The lowest BCUT2D eigenvalue weighted by atomic mass is 10.1. The number of nitrogens with one attached hydrogen (secondary N) is 1. The van der Waals surface area contributed by atoms with Crippen molar-refractivity contribution in [1.29, 1.82) is 0 Å². The third-order valence-electron chi connectivity index (χ3n) is 6.33. The van der Waals surface area contributed by atoms with Gasteiger partial charge in [0, 0.05) is 17.1 Å². The Balaban J connectivity index is 2.09. The van der Waals surface area contributed by atoms with Crippen LogP contribution in [0.4, 0.5) is 5.69 Å². The number of carbonyl (C=O) groups excluding carboxylic acids is 2. The molecule has 0 unspecified atom stereocenters. The summed E-state index contributed by atoms with van der Waals surface area (Å²) in [6, 6.07) is 17.4. The maximum Gasteiger partial charge on any atom is 0.264 e. The first kappa shape index (κ1) is 31.5. The second-order valence-corrected chi connectivity index (χ2v) is 13.5. The van der Waals surface area contributed by atoms with Crippen LogP contribution in [0.15, 0.2) is 71.6 Å². The number of rotatable bonds is 9. The minimum atomic E-state index is -4.25. The first-order chi connectivity index (χ1) is 18.6. The fraction of sp³-hybridized carbons (Fsp3) is 0.333. The van der Waals surface area contributed by atoms with Crippen molar-refractivity contribution in [3.05, 3.63) is 93.5 Å². The number of benzene rings is 3. The molecule has 0 radical (unpaired) electrons. The number of anilines is 1. The zero-order valence-electron chi connectivity index (χ0n) is 23.5. The predicted octanol–water partition coefficient (Wildman–Crippen LogP) is 6.14. The normalized spacial score (nSPS) is 12.5. The highest BCUT2D eigenvalue weighted by molar-refractivity contribution is 7.92. The largest absolute Gasteiger partial charge is 0.350 e. The van der Waals surface area contributed by atoms with Gasteiger partial charge in [0.25, 0.3) is 10.0 Å². The van der Waals surface area contributed by atoms with Gasteiger partial charge in [-0.25, -0.2) is 8.42 Å². The predicted molar refractivity (Wildman–Crippen MR) is 161 cm³/mol. The van der Waals surface area contributed by atoms with E-state index in [1.165, 1.54) is 35.2 Å². The minimum Gasteiger partial charge on any atom is -0.350 e. The highest BCUT2D eigenvalue weighted by Gasteiger charge is 2.34. The second-order valence-electron chi connectivity index (χ2n) is 10.8. The molecule has 0 aromatic heterocycles. The van der Waals surface area contributed by atoms with E-state index < -0.39 is 34.1 Å². The first-order valence-corrected chi connectivity index (χ1v) is 15.0. The summed E-state index contributed by atoms with van der Waals surface area (Å²) in [5.74, 6) is -0.935. The van der Waals surface area contributed by atoms with Gasteiger partial charge in [0.2, 0.25) is 11.8 Å². The molecule has 0 saturated carbocycles. The number of halogens is 2. The van der Waals surface area contributed by atoms with E-state index in [1.807, 2.05) is 58.9 Å². The molecule has 3 rings (SSSR count). The Hall–Kier alpha value is -3.07. The van der Waals surface area contributed by atoms with Gasteiger partial charge < -0.3 is 10.2 Å². The topological polar surface area (TPSA) is 86.8 Å². The highest BCUT2D eigenvalue weighted by Crippen LogP contribution is 2.33. The molecule has 0 heterocycles. The van der Waals surface area contributed by atoms with Crippen molar-refractivity contribution in [2.24, 2.45) is 0 Å². The Labute approximate surface area is 247 Å². The van der Waals surface area contributed by atoms with Crippen molar-refractivity contribution in [2.45, 2.75) is 64.6 Å². The van der Waals surface area contributed by atoms with Crippen LogP contribution in [0.2, 0.25) is 10.0 Å². The van der Waals surface area contributed by atoms with Gasteiger partial charge in [0.1, 0.15) is 12.6 Å². The third kappa shape index (κ3) is 7.77. The first-order valence-electron chi connectivity index (χ1n) is 12.8. The van der Waals surface area contributed by atoms with E-state index in [9.17, 15) is 18.0 Å². The van der Waals surface area contributed by atoms with E-state index in [0.29, 0.717) is 0 Å². The molecule has 0 aliphatic carbocycles. The van der Waals surface area contributed by atoms with Crippen molar-refractivity contribution in [3.8, 4) is 0 Å². The lowest BCUT2D eigenvalue weighted by Crippen LogP contribution is -2.54. The Morgan fingerprint density at radius 2 is 1.57 bits per heavy atom. The van der Waals surface area contributed by atoms with Crippen molar-refractivity contribution < 1.29 is 18.0 Å². The molecule has 0 spiro atoms. The molecule has 0 aliphatic rings. The summed E-state index contributed by atoms with van der Waals surface area (Å²) in [5.41, 5.74) is 2.18. The zero-order valence-corrected chi connectivity index (χ0v) is 25.9. The van der Waals surface area contributed by atoms with Gasteiger partial charge in [-0.2, -0.15) is 0 Å². The second kappa shape index (κ2) is 12.6. The molecule has 40 heavy (non-hydrogen) atoms. The van der Waals surface area contributed by atoms with Crippen molar-refractivity contribution in [1.82, 2.24) is 10.2 Å². The van der Waals surface area contributed by atoms with Gasteiger partial charge in [-0.05, 0) is 83.0 Å². The number of aryl methyl sites for hydroxylation is 2. The van der Waals surface area contributed by atoms with Crippen molar-refractivity contribution in [3.63, 3.8) is 0 Å². The van der Waals surface area contributed by atoms with Gasteiger partial charge >= 0.3 is 0 Å². The van der Waals surface area contributed by atoms with Gasteiger partial charge in [-0.1, -0.05) is 65.2 Å². The average molecular weight is 605 g/mol. The molecule has 3 aromatic carbocycles. The summed E-state index contributed by atoms with van der Waals surface area (Å²) in [7, 11) is -4.25. The van der Waals surface area contributed by atoms with E-state index in [4.69, 9.17) is 23.2 Å². The van der Waals surface area contributed by atoms with Crippen LogP contribution in [-0.2, 0) is 26.2 Å². The summed E-state index contributed by atoms with van der Waals surface area (Å²) >= 11 is 12.7. The van der Waals surface area contributed by atoms with Crippen LogP contribution < -0.4 is 9.62 Å². The van der Waals surface area contributed by atoms with Crippen LogP contribution >= 0.6 is 23.2 Å². The summed E-state index contributed by atoms with van der Waals surface area (Å²) in [4.78, 5) is 28.6. The molecule has 0 aliphatic heterocycles. The molecule has 10 heteroatoms. The molecule has 214 valence electrons. The molecule has 2 amide bonds. The zero-order chi connectivity index (χ0) is 29.8. The lowest BCUT2D eigenvalue weighted by molar-refractivity contribution is -0.140. The molecule has 0 bridgehead atoms. The van der Waals surface area contributed by atoms with Crippen molar-refractivity contribution in [2.75, 3.05) is 10.8 Å². The molecule has 1 N–H and O–H groups in total. The standard InChI is InChI=1S/C30H35Cl2N3O4S/c1-20-11-14-25(15-12-20)40(38,39)35(27-17-24(31)13-16-26(27)32)19-28(36)34(18-23-10-8-7-9-21(23)2)22(3)29(37)33-30(4,5)6/h7-17,22H,18-19H2,1-6H3,(H,33,37)/t22-/m0/s1. The number of carbonyl (C=O) groups is 2. The SMILES string of the molecule is Cc1ccc(S(=O)(=O)N(CC(=O)N(Cc2ccccc2C)[C@@H](C)C(=O)NC(C)(C)C)c2cc(Cl)ccc2Cl)cc1. The molecular formula is C30H35Cl2N3O4S. The third-order valence-corrected chi connectivity index (χ3v) is 8.66. The monoisotopic (exact) mass is 603 g/mol. The van der Waals surface area contributed by atoms with Gasteiger partial charge in [0.15, 0.2) is 0 Å². The Morgan fingerprint density at radius 3 is 2.17 bits per heavy atom. The maximum atomic E-state index is 14.0. The number of sulfonamides is 1. The van der Waals surface area contributed by atoms with Crippen LogP contribution in [0.25, 0.3) is 0 Å². The van der Waals surface area contributed by atoms with Crippen LogP contribution in [0.1, 0.15) is 44.4 Å². The van der Waals surface area contributed by atoms with E-state index in [2.05, 4.69) is 5.32 Å². The smallest absolute Gasteiger partial charge is 0.264 e. The number of nitrogens with zero attached hydrogens (tertiary/aromatic N) is 2. The highest BCUT2D eigenvalue weighted by atomic mass is 35.5. The number of hydrogen-bond donors (Lipinski definition) is 1. The van der Waals surface area contributed by atoms with Gasteiger partial charge in [0.05, 0.1) is 15.6 Å². The molecule has 3 aromatic rings. The fourth-order valence-electron chi connectivity index (χ4n) is 4.06. The summed E-state index contributed by atoms with van der Waals surface area (Å²) in [6.45, 7) is 10.4. The lowest BCUT2D eigenvalue weighted by Gasteiger charge is -2.34. The molecule has 0 saturated heterocycles. The summed E-state index contributed by atoms with van der Waals surface area (Å²) in [6.07, 6.45) is 0. The van der Waals surface area contributed by atoms with Gasteiger partial charge in [-0.15, -0.1) is 0 Å². The molecule has 0 fully saturated rings. The fourth-order valence-corrected chi connectivity index (χ4v) is 5.92. The average Bonchev–Trinajstić information content (AvgIpc) is 2.87. The van der Waals surface area contributed by atoms with Gasteiger partial charge in [-0.3, -0.25) is 13.9 Å². The summed E-state index contributed by atoms with van der Waals surface area (Å²) in [5, 5.41) is 3.28. The minimum absolute atomic E-state index is 0.00841. The summed E-state index contributed by atoms with van der Waals surface area (Å²) < 4.78 is 28.8. The van der Waals surface area contributed by atoms with Crippen LogP contribution in [-0.4, -0.2) is 43.3 Å². The van der Waals surface area contributed by atoms with E-state index in [-0.39, 0.29) is 33.1 Å². The maximum absolute atomic E-state index is 14.0. The quantitative estimate of drug-likeness (QED) is 0.318. The van der Waals surface area contributed by atoms with E-state index in [1.54, 1.807) is 19.1 Å².